The zero-order valence-electron chi connectivity index (χ0n) is 9.62. The Balaban J connectivity index is 3.03. The van der Waals surface area contributed by atoms with E-state index < -0.39 is 22.8 Å². The molecule has 1 atom stereocenters. The molecule has 0 saturated heterocycles. The zero-order valence-corrected chi connectivity index (χ0v) is 9.62. The van der Waals surface area contributed by atoms with Gasteiger partial charge in [-0.05, 0) is 5.56 Å². The number of carbonyl (C=O) groups is 2. The van der Waals surface area contributed by atoms with Crippen molar-refractivity contribution in [2.75, 3.05) is 0 Å². The van der Waals surface area contributed by atoms with Gasteiger partial charge in [0.1, 0.15) is 0 Å². The SMILES string of the molecule is CC(=O)N[C@@H](CC(=O)O)c1cccc([N+](=O)[O-])c1. The topological polar surface area (TPSA) is 110 Å². The van der Waals surface area contributed by atoms with E-state index in [2.05, 4.69) is 5.32 Å². The molecule has 18 heavy (non-hydrogen) atoms. The Morgan fingerprint density at radius 2 is 2.17 bits per heavy atom. The molecule has 1 rings (SSSR count). The lowest BCUT2D eigenvalue weighted by molar-refractivity contribution is -0.384. The average molecular weight is 252 g/mol. The highest BCUT2D eigenvalue weighted by Crippen LogP contribution is 2.21. The summed E-state index contributed by atoms with van der Waals surface area (Å²) in [5, 5.41) is 21.8. The summed E-state index contributed by atoms with van der Waals surface area (Å²) in [6.45, 7) is 1.26. The number of hydrogen-bond donors (Lipinski definition) is 2. The molecule has 0 heterocycles. The molecule has 0 fully saturated rings. The molecule has 1 aromatic rings. The molecule has 0 aliphatic rings. The van der Waals surface area contributed by atoms with Gasteiger partial charge in [-0.15, -0.1) is 0 Å². The van der Waals surface area contributed by atoms with E-state index in [4.69, 9.17) is 5.11 Å². The van der Waals surface area contributed by atoms with Gasteiger partial charge < -0.3 is 10.4 Å². The Kier molecular flexibility index (Phi) is 4.36. The van der Waals surface area contributed by atoms with Crippen LogP contribution in [0.2, 0.25) is 0 Å². The van der Waals surface area contributed by atoms with Gasteiger partial charge in [-0.25, -0.2) is 0 Å². The van der Waals surface area contributed by atoms with Crippen LogP contribution in [-0.4, -0.2) is 21.9 Å². The Bertz CT molecular complexity index is 470. The van der Waals surface area contributed by atoms with Crippen molar-refractivity contribution in [3.63, 3.8) is 0 Å². The van der Waals surface area contributed by atoms with Crippen molar-refractivity contribution in [3.8, 4) is 0 Å². The van der Waals surface area contributed by atoms with Crippen molar-refractivity contribution in [1.82, 2.24) is 5.32 Å². The van der Waals surface area contributed by atoms with Gasteiger partial charge in [-0.2, -0.15) is 0 Å². The van der Waals surface area contributed by atoms with Gasteiger partial charge in [0.05, 0.1) is 17.4 Å². The van der Waals surface area contributed by atoms with Crippen LogP contribution in [0.3, 0.4) is 0 Å². The number of aliphatic carboxylic acids is 1. The van der Waals surface area contributed by atoms with Crippen molar-refractivity contribution in [2.24, 2.45) is 0 Å². The van der Waals surface area contributed by atoms with Crippen LogP contribution in [0, 0.1) is 10.1 Å². The second-order valence-corrected chi connectivity index (χ2v) is 3.70. The highest BCUT2D eigenvalue weighted by atomic mass is 16.6. The summed E-state index contributed by atoms with van der Waals surface area (Å²) in [5.74, 6) is -1.49. The molecule has 0 bridgehead atoms. The van der Waals surface area contributed by atoms with Crippen LogP contribution >= 0.6 is 0 Å². The van der Waals surface area contributed by atoms with Gasteiger partial charge in [0.2, 0.25) is 5.91 Å². The molecule has 7 nitrogen and oxygen atoms in total. The number of carboxylic acids is 1. The van der Waals surface area contributed by atoms with Gasteiger partial charge in [-0.1, -0.05) is 12.1 Å². The van der Waals surface area contributed by atoms with Crippen molar-refractivity contribution in [1.29, 1.82) is 0 Å². The first kappa shape index (κ1) is 13.6. The first-order chi connectivity index (χ1) is 8.40. The van der Waals surface area contributed by atoms with E-state index >= 15 is 0 Å². The minimum absolute atomic E-state index is 0.145. The average Bonchev–Trinajstić information content (AvgIpc) is 2.27. The summed E-state index contributed by atoms with van der Waals surface area (Å²) in [5.41, 5.74) is 0.245. The predicted molar refractivity (Wildman–Crippen MR) is 61.9 cm³/mol. The van der Waals surface area contributed by atoms with Crippen molar-refractivity contribution in [3.05, 3.63) is 39.9 Å². The fourth-order valence-electron chi connectivity index (χ4n) is 1.53. The van der Waals surface area contributed by atoms with E-state index in [0.29, 0.717) is 5.56 Å². The molecule has 0 radical (unpaired) electrons. The number of nitro groups is 1. The Morgan fingerprint density at radius 1 is 1.50 bits per heavy atom. The molecule has 0 unspecified atom stereocenters. The van der Waals surface area contributed by atoms with Crippen LogP contribution in [0.1, 0.15) is 24.9 Å². The quantitative estimate of drug-likeness (QED) is 0.605. The van der Waals surface area contributed by atoms with Crippen LogP contribution in [-0.2, 0) is 9.59 Å². The third-order valence-electron chi connectivity index (χ3n) is 2.24. The van der Waals surface area contributed by atoms with Crippen LogP contribution in [0.5, 0.6) is 0 Å². The monoisotopic (exact) mass is 252 g/mol. The molecular formula is C11H12N2O5. The smallest absolute Gasteiger partial charge is 0.305 e. The molecule has 0 aliphatic heterocycles. The Morgan fingerprint density at radius 3 is 2.67 bits per heavy atom. The molecule has 96 valence electrons. The van der Waals surface area contributed by atoms with E-state index in [9.17, 15) is 19.7 Å². The number of carboxylic acid groups (broad SMARTS) is 1. The standard InChI is InChI=1S/C11H12N2O5/c1-7(14)12-10(6-11(15)16)8-3-2-4-9(5-8)13(17)18/h2-5,10H,6H2,1H3,(H,12,14)(H,15,16)/t10-/m0/s1. The normalized spacial score (nSPS) is 11.6. The summed E-state index contributed by atoms with van der Waals surface area (Å²) in [6.07, 6.45) is -0.333. The maximum Gasteiger partial charge on any atom is 0.305 e. The van der Waals surface area contributed by atoms with Crippen LogP contribution in [0.15, 0.2) is 24.3 Å². The van der Waals surface area contributed by atoms with Crippen molar-refractivity contribution < 1.29 is 19.6 Å². The van der Waals surface area contributed by atoms with Gasteiger partial charge in [0.25, 0.3) is 5.69 Å². The third-order valence-corrected chi connectivity index (χ3v) is 2.24. The minimum Gasteiger partial charge on any atom is -0.481 e. The minimum atomic E-state index is -1.10. The summed E-state index contributed by atoms with van der Waals surface area (Å²) in [4.78, 5) is 31.7. The largest absolute Gasteiger partial charge is 0.481 e. The van der Waals surface area contributed by atoms with E-state index in [1.807, 2.05) is 0 Å². The molecule has 1 aromatic carbocycles. The fourth-order valence-corrected chi connectivity index (χ4v) is 1.53. The molecule has 2 N–H and O–H groups in total. The number of rotatable bonds is 5. The van der Waals surface area contributed by atoms with E-state index in [1.54, 1.807) is 0 Å². The second kappa shape index (κ2) is 5.76. The lowest BCUT2D eigenvalue weighted by Gasteiger charge is -2.15. The van der Waals surface area contributed by atoms with Gasteiger partial charge >= 0.3 is 5.97 Å². The number of nitrogens with zero attached hydrogens (tertiary/aromatic N) is 1. The van der Waals surface area contributed by atoms with Crippen LogP contribution < -0.4 is 5.32 Å². The number of non-ortho nitro benzene ring substituents is 1. The highest BCUT2D eigenvalue weighted by Gasteiger charge is 2.18. The van der Waals surface area contributed by atoms with Crippen molar-refractivity contribution in [2.45, 2.75) is 19.4 Å². The van der Waals surface area contributed by atoms with Crippen LogP contribution in [0.25, 0.3) is 0 Å². The number of hydrogen-bond acceptors (Lipinski definition) is 4. The number of nitro benzene ring substituents is 1. The van der Waals surface area contributed by atoms with E-state index in [1.165, 1.54) is 31.2 Å². The van der Waals surface area contributed by atoms with E-state index in [0.717, 1.165) is 0 Å². The summed E-state index contributed by atoms with van der Waals surface area (Å²) >= 11 is 0. The lowest BCUT2D eigenvalue weighted by Crippen LogP contribution is -2.28. The molecule has 0 aromatic heterocycles. The maximum atomic E-state index is 11.0. The fraction of sp³-hybridized carbons (Fsp3) is 0.273. The Hall–Kier alpha value is -2.44. The highest BCUT2D eigenvalue weighted by molar-refractivity contribution is 5.75. The molecule has 0 saturated carbocycles. The molecule has 0 aliphatic carbocycles. The zero-order chi connectivity index (χ0) is 13.7. The molecule has 0 spiro atoms. The first-order valence-corrected chi connectivity index (χ1v) is 5.13. The number of benzene rings is 1. The number of amides is 1. The van der Waals surface area contributed by atoms with Crippen LogP contribution in [0.4, 0.5) is 5.69 Å². The number of nitrogens with one attached hydrogen (secondary N) is 1. The van der Waals surface area contributed by atoms with Crippen molar-refractivity contribution >= 4 is 17.6 Å². The maximum absolute atomic E-state index is 11.0. The van der Waals surface area contributed by atoms with Gasteiger partial charge in [0.15, 0.2) is 0 Å². The third kappa shape index (κ3) is 3.85. The lowest BCUT2D eigenvalue weighted by atomic mass is 10.0. The summed E-state index contributed by atoms with van der Waals surface area (Å²) in [6, 6.07) is 4.76. The first-order valence-electron chi connectivity index (χ1n) is 5.13. The summed E-state index contributed by atoms with van der Waals surface area (Å²) in [7, 11) is 0. The second-order valence-electron chi connectivity index (χ2n) is 3.70. The van der Waals surface area contributed by atoms with Gasteiger partial charge in [0, 0.05) is 19.1 Å². The molecule has 1 amide bonds. The Labute approximate surface area is 103 Å². The van der Waals surface area contributed by atoms with Gasteiger partial charge in [-0.3, -0.25) is 19.7 Å². The molecule has 7 heteroatoms. The predicted octanol–water partition coefficient (Wildman–Crippen LogP) is 1.25. The summed E-state index contributed by atoms with van der Waals surface area (Å²) < 4.78 is 0. The molecular weight excluding hydrogens is 240 g/mol. The van der Waals surface area contributed by atoms with E-state index in [-0.39, 0.29) is 12.1 Å². The number of carbonyl (C=O) groups excluding carboxylic acids is 1.